The van der Waals surface area contributed by atoms with Crippen LogP contribution in [0.3, 0.4) is 0 Å². The van der Waals surface area contributed by atoms with E-state index in [9.17, 15) is 22.8 Å². The van der Waals surface area contributed by atoms with Crippen LogP contribution in [0.15, 0.2) is 48.7 Å². The first-order valence-corrected chi connectivity index (χ1v) is 9.42. The zero-order valence-electron chi connectivity index (χ0n) is 15.5. The number of anilines is 2. The van der Waals surface area contributed by atoms with Gasteiger partial charge in [0.2, 0.25) is 11.8 Å². The average molecular weight is 449 g/mol. The summed E-state index contributed by atoms with van der Waals surface area (Å²) in [5.41, 5.74) is 0.528. The molecule has 1 aromatic heterocycles. The van der Waals surface area contributed by atoms with Gasteiger partial charge in [-0.05, 0) is 35.9 Å². The fourth-order valence-electron chi connectivity index (χ4n) is 4.07. The lowest BCUT2D eigenvalue weighted by molar-refractivity contribution is -0.274. The van der Waals surface area contributed by atoms with Crippen molar-refractivity contribution in [3.8, 4) is 11.4 Å². The van der Waals surface area contributed by atoms with Gasteiger partial charge in [0, 0.05) is 12.0 Å². The summed E-state index contributed by atoms with van der Waals surface area (Å²) in [4.78, 5) is 25.7. The summed E-state index contributed by atoms with van der Waals surface area (Å²) in [6, 6.07) is 10.0. The normalized spacial score (nSPS) is 19.6. The molecular formula is C20H12ClF3N4O3. The minimum absolute atomic E-state index is 0.136. The maximum atomic E-state index is 13.1. The van der Waals surface area contributed by atoms with Gasteiger partial charge >= 0.3 is 6.36 Å². The molecule has 11 heteroatoms. The summed E-state index contributed by atoms with van der Waals surface area (Å²) >= 11 is 6.23. The van der Waals surface area contributed by atoms with Crippen LogP contribution in [0.5, 0.6) is 5.75 Å². The predicted molar refractivity (Wildman–Crippen MR) is 104 cm³/mol. The Morgan fingerprint density at radius 2 is 1.81 bits per heavy atom. The minimum atomic E-state index is -4.81. The lowest BCUT2D eigenvalue weighted by Crippen LogP contribution is -2.43. The lowest BCUT2D eigenvalue weighted by atomic mass is 9.72. The highest BCUT2D eigenvalue weighted by Crippen LogP contribution is 2.51. The summed E-state index contributed by atoms with van der Waals surface area (Å²) in [5, 5.41) is 10.1. The van der Waals surface area contributed by atoms with Gasteiger partial charge in [-0.25, -0.2) is 4.68 Å². The molecule has 3 aromatic rings. The van der Waals surface area contributed by atoms with Crippen LogP contribution in [0.4, 0.5) is 24.7 Å². The van der Waals surface area contributed by atoms with Crippen LogP contribution in [0.1, 0.15) is 17.5 Å². The van der Waals surface area contributed by atoms with Crippen molar-refractivity contribution in [2.24, 2.45) is 0 Å². The molecule has 0 aliphatic carbocycles. The minimum Gasteiger partial charge on any atom is -0.406 e. The van der Waals surface area contributed by atoms with Crippen LogP contribution in [0, 0.1) is 0 Å². The number of nitrogens with zero attached hydrogens (tertiary/aromatic N) is 2. The molecule has 2 amide bonds. The quantitative estimate of drug-likeness (QED) is 0.620. The van der Waals surface area contributed by atoms with Crippen LogP contribution in [0.2, 0.25) is 5.02 Å². The van der Waals surface area contributed by atoms with Gasteiger partial charge in [-0.1, -0.05) is 23.7 Å². The highest BCUT2D eigenvalue weighted by Gasteiger charge is 2.54. The van der Waals surface area contributed by atoms with E-state index in [1.54, 1.807) is 18.2 Å². The summed E-state index contributed by atoms with van der Waals surface area (Å²) in [7, 11) is 0. The van der Waals surface area contributed by atoms with Gasteiger partial charge < -0.3 is 15.4 Å². The number of aromatic nitrogens is 2. The molecule has 5 rings (SSSR count). The summed E-state index contributed by atoms with van der Waals surface area (Å²) in [5.74, 6) is -0.949. The SMILES string of the molecule is O=C1CC2(C(=O)Nc3c(Cl)cccc32)c2cnn(-c3ccc(OC(F)(F)F)cc3)c2N1. The van der Waals surface area contributed by atoms with E-state index in [1.807, 2.05) is 0 Å². The molecule has 31 heavy (non-hydrogen) atoms. The molecule has 0 saturated carbocycles. The molecule has 1 spiro atoms. The van der Waals surface area contributed by atoms with Gasteiger partial charge in [-0.2, -0.15) is 5.10 Å². The molecule has 0 radical (unpaired) electrons. The molecule has 0 saturated heterocycles. The standard InChI is InChI=1S/C20H12ClF3N4O3/c21-14-3-1-2-12-16(14)27-18(30)19(12)8-15(29)26-17-13(19)9-25-28(17)10-4-6-11(7-5-10)31-20(22,23)24/h1-7,9H,8H2,(H,26,29)(H,27,30). The van der Waals surface area contributed by atoms with Gasteiger partial charge in [0.05, 0.1) is 22.6 Å². The Hall–Kier alpha value is -3.53. The van der Waals surface area contributed by atoms with Gasteiger partial charge in [-0.3, -0.25) is 9.59 Å². The third kappa shape index (κ3) is 2.94. The topological polar surface area (TPSA) is 85.2 Å². The number of amides is 2. The van der Waals surface area contributed by atoms with E-state index < -0.39 is 29.3 Å². The third-order valence-electron chi connectivity index (χ3n) is 5.33. The van der Waals surface area contributed by atoms with E-state index in [-0.39, 0.29) is 12.2 Å². The number of rotatable bonds is 2. The van der Waals surface area contributed by atoms with Crippen molar-refractivity contribution < 1.29 is 27.5 Å². The van der Waals surface area contributed by atoms with E-state index in [4.69, 9.17) is 11.6 Å². The molecule has 0 fully saturated rings. The highest BCUT2D eigenvalue weighted by atomic mass is 35.5. The summed E-state index contributed by atoms with van der Waals surface area (Å²) in [6.45, 7) is 0. The lowest BCUT2D eigenvalue weighted by Gasteiger charge is -2.31. The van der Waals surface area contributed by atoms with E-state index in [0.29, 0.717) is 27.5 Å². The van der Waals surface area contributed by atoms with Crippen LogP contribution in [0.25, 0.3) is 5.69 Å². The van der Waals surface area contributed by atoms with Gasteiger partial charge in [0.25, 0.3) is 0 Å². The molecule has 2 aliphatic heterocycles. The van der Waals surface area contributed by atoms with Gasteiger partial charge in [-0.15, -0.1) is 13.2 Å². The first kappa shape index (κ1) is 19.4. The molecular weight excluding hydrogens is 437 g/mol. The summed E-state index contributed by atoms with van der Waals surface area (Å²) < 4.78 is 42.4. The molecule has 1 unspecified atom stereocenters. The number of carbonyl (C=O) groups excluding carboxylic acids is 2. The molecule has 2 aromatic carbocycles. The highest BCUT2D eigenvalue weighted by molar-refractivity contribution is 6.35. The Morgan fingerprint density at radius 3 is 2.52 bits per heavy atom. The number of hydrogen-bond donors (Lipinski definition) is 2. The van der Waals surface area contributed by atoms with Crippen molar-refractivity contribution in [1.82, 2.24) is 9.78 Å². The van der Waals surface area contributed by atoms with Crippen molar-refractivity contribution in [3.63, 3.8) is 0 Å². The van der Waals surface area contributed by atoms with E-state index in [1.165, 1.54) is 23.0 Å². The average Bonchev–Trinajstić information content (AvgIpc) is 3.23. The largest absolute Gasteiger partial charge is 0.573 e. The van der Waals surface area contributed by atoms with Crippen molar-refractivity contribution in [1.29, 1.82) is 0 Å². The molecule has 0 bridgehead atoms. The smallest absolute Gasteiger partial charge is 0.406 e. The van der Waals surface area contributed by atoms with Gasteiger partial charge in [0.1, 0.15) is 17.0 Å². The zero-order chi connectivity index (χ0) is 22.0. The Balaban J connectivity index is 1.62. The first-order valence-electron chi connectivity index (χ1n) is 9.04. The molecule has 2 N–H and O–H groups in total. The maximum Gasteiger partial charge on any atom is 0.573 e. The fraction of sp³-hybridized carbons (Fsp3) is 0.150. The molecule has 7 nitrogen and oxygen atoms in total. The van der Waals surface area contributed by atoms with Gasteiger partial charge in [0.15, 0.2) is 0 Å². The van der Waals surface area contributed by atoms with Crippen molar-refractivity contribution in [2.75, 3.05) is 10.6 Å². The second-order valence-electron chi connectivity index (χ2n) is 7.11. The number of ether oxygens (including phenoxy) is 1. The Kier molecular flexibility index (Phi) is 4.06. The number of alkyl halides is 3. The summed E-state index contributed by atoms with van der Waals surface area (Å²) in [6.07, 6.45) is -3.48. The number of nitrogens with one attached hydrogen (secondary N) is 2. The Labute approximate surface area is 177 Å². The van der Waals surface area contributed by atoms with Crippen LogP contribution < -0.4 is 15.4 Å². The Morgan fingerprint density at radius 1 is 1.06 bits per heavy atom. The molecule has 2 aliphatic rings. The van der Waals surface area contributed by atoms with E-state index in [2.05, 4.69) is 20.5 Å². The molecule has 158 valence electrons. The molecule has 1 atom stereocenters. The monoisotopic (exact) mass is 448 g/mol. The predicted octanol–water partition coefficient (Wildman–Crippen LogP) is 4.00. The van der Waals surface area contributed by atoms with Crippen LogP contribution in [-0.2, 0) is 15.0 Å². The number of fused-ring (bicyclic) bond motifs is 4. The second kappa shape index (κ2) is 6.48. The number of hydrogen-bond acceptors (Lipinski definition) is 4. The van der Waals surface area contributed by atoms with Crippen LogP contribution >= 0.6 is 11.6 Å². The molecule has 3 heterocycles. The van der Waals surface area contributed by atoms with Crippen LogP contribution in [-0.4, -0.2) is 28.0 Å². The first-order chi connectivity index (χ1) is 14.7. The fourth-order valence-corrected chi connectivity index (χ4v) is 4.29. The van der Waals surface area contributed by atoms with Crippen molar-refractivity contribution in [2.45, 2.75) is 18.2 Å². The number of benzene rings is 2. The number of para-hydroxylation sites is 1. The zero-order valence-corrected chi connectivity index (χ0v) is 16.2. The third-order valence-corrected chi connectivity index (χ3v) is 5.64. The van der Waals surface area contributed by atoms with Crippen molar-refractivity contribution in [3.05, 3.63) is 64.8 Å². The number of carbonyl (C=O) groups is 2. The maximum absolute atomic E-state index is 13.1. The van der Waals surface area contributed by atoms with E-state index >= 15 is 0 Å². The van der Waals surface area contributed by atoms with Crippen molar-refractivity contribution >= 4 is 34.9 Å². The number of halogens is 4. The second-order valence-corrected chi connectivity index (χ2v) is 7.51. The Bertz CT molecular complexity index is 1240. The van der Waals surface area contributed by atoms with E-state index in [0.717, 1.165) is 12.1 Å².